The van der Waals surface area contributed by atoms with Crippen molar-refractivity contribution in [3.05, 3.63) is 33.8 Å². The first-order chi connectivity index (χ1) is 8.88. The van der Waals surface area contributed by atoms with Crippen molar-refractivity contribution in [3.63, 3.8) is 0 Å². The first-order valence-corrected chi connectivity index (χ1v) is 6.25. The van der Waals surface area contributed by atoms with Crippen molar-refractivity contribution < 1.29 is 19.8 Å². The molecule has 0 aliphatic carbocycles. The molecule has 0 atom stereocenters. The Balaban J connectivity index is 0.000000459. The molecule has 0 aromatic heterocycles. The normalized spacial score (nSPS) is 9.42. The van der Waals surface area contributed by atoms with Gasteiger partial charge in [0.05, 0.1) is 0 Å². The minimum atomic E-state index is -1.82. The van der Waals surface area contributed by atoms with E-state index in [4.69, 9.17) is 43.0 Å². The van der Waals surface area contributed by atoms with Crippen LogP contribution in [0.1, 0.15) is 18.9 Å². The van der Waals surface area contributed by atoms with Gasteiger partial charge in [-0.05, 0) is 30.7 Å². The molecule has 0 radical (unpaired) electrons. The van der Waals surface area contributed by atoms with E-state index in [1.807, 2.05) is 12.1 Å². The second-order valence-electron chi connectivity index (χ2n) is 3.52. The average molecular weight is 308 g/mol. The fourth-order valence-corrected chi connectivity index (χ4v) is 1.54. The molecule has 5 nitrogen and oxygen atoms in total. The first-order valence-electron chi connectivity index (χ1n) is 5.49. The number of aliphatic carboxylic acids is 2. The SMILES string of the molecule is CCCNCc1ccc(Cl)cc1Cl.O=C(O)C(=O)O. The highest BCUT2D eigenvalue weighted by atomic mass is 35.5. The molecule has 0 heterocycles. The number of nitrogens with one attached hydrogen (secondary N) is 1. The Morgan fingerprint density at radius 2 is 1.79 bits per heavy atom. The predicted octanol–water partition coefficient (Wildman–Crippen LogP) is 2.65. The van der Waals surface area contributed by atoms with Gasteiger partial charge in [-0.2, -0.15) is 0 Å². The molecule has 0 aliphatic rings. The van der Waals surface area contributed by atoms with Crippen LogP contribution in [0.25, 0.3) is 0 Å². The number of halogens is 2. The smallest absolute Gasteiger partial charge is 0.414 e. The van der Waals surface area contributed by atoms with Crippen LogP contribution in [-0.2, 0) is 16.1 Å². The molecule has 0 bridgehead atoms. The van der Waals surface area contributed by atoms with E-state index in [-0.39, 0.29) is 0 Å². The molecular weight excluding hydrogens is 293 g/mol. The molecule has 106 valence electrons. The number of carbonyl (C=O) groups is 2. The Bertz CT molecular complexity index is 426. The Labute approximate surface area is 121 Å². The Kier molecular flexibility index (Phi) is 8.95. The van der Waals surface area contributed by atoms with E-state index >= 15 is 0 Å². The maximum Gasteiger partial charge on any atom is 0.414 e. The van der Waals surface area contributed by atoms with Gasteiger partial charge in [0.2, 0.25) is 0 Å². The lowest BCUT2D eigenvalue weighted by atomic mass is 10.2. The van der Waals surface area contributed by atoms with Gasteiger partial charge in [-0.25, -0.2) is 9.59 Å². The van der Waals surface area contributed by atoms with Crippen LogP contribution in [0, 0.1) is 0 Å². The summed E-state index contributed by atoms with van der Waals surface area (Å²) in [6.45, 7) is 3.96. The van der Waals surface area contributed by atoms with Gasteiger partial charge < -0.3 is 15.5 Å². The summed E-state index contributed by atoms with van der Waals surface area (Å²) in [6, 6.07) is 5.58. The summed E-state index contributed by atoms with van der Waals surface area (Å²) in [5.41, 5.74) is 1.10. The maximum absolute atomic E-state index is 9.10. The summed E-state index contributed by atoms with van der Waals surface area (Å²) in [7, 11) is 0. The van der Waals surface area contributed by atoms with Crippen LogP contribution in [0.5, 0.6) is 0 Å². The summed E-state index contributed by atoms with van der Waals surface area (Å²) in [4.78, 5) is 18.2. The van der Waals surface area contributed by atoms with Gasteiger partial charge >= 0.3 is 11.9 Å². The number of rotatable bonds is 4. The molecule has 1 aromatic rings. The fourth-order valence-electron chi connectivity index (χ4n) is 1.06. The van der Waals surface area contributed by atoms with Gasteiger partial charge in [-0.15, -0.1) is 0 Å². The highest BCUT2D eigenvalue weighted by Crippen LogP contribution is 2.20. The Hall–Kier alpha value is -1.30. The van der Waals surface area contributed by atoms with Crippen molar-refractivity contribution in [1.82, 2.24) is 5.32 Å². The molecule has 7 heteroatoms. The van der Waals surface area contributed by atoms with Crippen LogP contribution < -0.4 is 5.32 Å². The molecule has 0 aliphatic heterocycles. The van der Waals surface area contributed by atoms with Crippen molar-refractivity contribution >= 4 is 35.1 Å². The van der Waals surface area contributed by atoms with Crippen molar-refractivity contribution in [1.29, 1.82) is 0 Å². The molecule has 0 spiro atoms. The third kappa shape index (κ3) is 8.42. The van der Waals surface area contributed by atoms with Gasteiger partial charge in [0.1, 0.15) is 0 Å². The molecule has 0 saturated carbocycles. The standard InChI is InChI=1S/C10H13Cl2N.C2H2O4/c1-2-5-13-7-8-3-4-9(11)6-10(8)12;3-1(4)2(5)6/h3-4,6,13H,2,5,7H2,1H3;(H,3,4)(H,5,6). The number of carboxylic acid groups (broad SMARTS) is 2. The molecule has 1 rings (SSSR count). The highest BCUT2D eigenvalue weighted by Gasteiger charge is 2.04. The van der Waals surface area contributed by atoms with Gasteiger partial charge in [-0.1, -0.05) is 36.2 Å². The highest BCUT2D eigenvalue weighted by molar-refractivity contribution is 6.35. The van der Waals surface area contributed by atoms with E-state index in [0.717, 1.165) is 30.1 Å². The lowest BCUT2D eigenvalue weighted by molar-refractivity contribution is -0.159. The predicted molar refractivity (Wildman–Crippen MR) is 73.7 cm³/mol. The van der Waals surface area contributed by atoms with Crippen LogP contribution in [0.2, 0.25) is 10.0 Å². The monoisotopic (exact) mass is 307 g/mol. The van der Waals surface area contributed by atoms with Gasteiger partial charge in [-0.3, -0.25) is 0 Å². The number of hydrogen-bond acceptors (Lipinski definition) is 3. The number of hydrogen-bond donors (Lipinski definition) is 3. The summed E-state index contributed by atoms with van der Waals surface area (Å²) >= 11 is 11.8. The van der Waals surface area contributed by atoms with E-state index in [2.05, 4.69) is 12.2 Å². The van der Waals surface area contributed by atoms with E-state index in [9.17, 15) is 0 Å². The van der Waals surface area contributed by atoms with Crippen LogP contribution in [-0.4, -0.2) is 28.7 Å². The van der Waals surface area contributed by atoms with Crippen LogP contribution in [0.3, 0.4) is 0 Å². The molecule has 0 amide bonds. The van der Waals surface area contributed by atoms with Crippen LogP contribution >= 0.6 is 23.2 Å². The van der Waals surface area contributed by atoms with E-state index in [1.54, 1.807) is 6.07 Å². The van der Waals surface area contributed by atoms with E-state index < -0.39 is 11.9 Å². The zero-order chi connectivity index (χ0) is 14.8. The molecule has 3 N–H and O–H groups in total. The maximum atomic E-state index is 9.10. The summed E-state index contributed by atoms with van der Waals surface area (Å²) < 4.78 is 0. The topological polar surface area (TPSA) is 86.6 Å². The van der Waals surface area contributed by atoms with Crippen molar-refractivity contribution in [3.8, 4) is 0 Å². The van der Waals surface area contributed by atoms with Crippen molar-refractivity contribution in [2.45, 2.75) is 19.9 Å². The summed E-state index contributed by atoms with van der Waals surface area (Å²) in [5, 5.41) is 19.5. The number of benzene rings is 1. The minimum absolute atomic E-state index is 0.684. The lowest BCUT2D eigenvalue weighted by Gasteiger charge is -2.05. The quantitative estimate of drug-likeness (QED) is 0.588. The summed E-state index contributed by atoms with van der Waals surface area (Å²) in [6.07, 6.45) is 1.13. The molecule has 0 fully saturated rings. The minimum Gasteiger partial charge on any atom is -0.473 e. The third-order valence-electron chi connectivity index (χ3n) is 1.94. The zero-order valence-corrected chi connectivity index (χ0v) is 11.8. The lowest BCUT2D eigenvalue weighted by Crippen LogP contribution is -2.13. The average Bonchev–Trinajstić information content (AvgIpc) is 2.33. The van der Waals surface area contributed by atoms with E-state index in [1.165, 1.54) is 0 Å². The van der Waals surface area contributed by atoms with Crippen LogP contribution in [0.4, 0.5) is 0 Å². The van der Waals surface area contributed by atoms with Crippen molar-refractivity contribution in [2.24, 2.45) is 0 Å². The molecule has 19 heavy (non-hydrogen) atoms. The third-order valence-corrected chi connectivity index (χ3v) is 2.53. The fraction of sp³-hybridized carbons (Fsp3) is 0.333. The van der Waals surface area contributed by atoms with Gasteiger partial charge in [0.25, 0.3) is 0 Å². The molecule has 0 saturated heterocycles. The Morgan fingerprint density at radius 3 is 2.21 bits per heavy atom. The second-order valence-corrected chi connectivity index (χ2v) is 4.37. The molecular formula is C12H15Cl2NO4. The molecule has 0 unspecified atom stereocenters. The van der Waals surface area contributed by atoms with Gasteiger partial charge in [0.15, 0.2) is 0 Å². The second kappa shape index (κ2) is 9.61. The zero-order valence-electron chi connectivity index (χ0n) is 10.3. The largest absolute Gasteiger partial charge is 0.473 e. The van der Waals surface area contributed by atoms with Crippen LogP contribution in [0.15, 0.2) is 18.2 Å². The molecule has 1 aromatic carbocycles. The number of carboxylic acids is 2. The first kappa shape index (κ1) is 17.7. The van der Waals surface area contributed by atoms with E-state index in [0.29, 0.717) is 5.02 Å². The van der Waals surface area contributed by atoms with Crippen molar-refractivity contribution in [2.75, 3.05) is 6.54 Å². The van der Waals surface area contributed by atoms with Gasteiger partial charge in [0, 0.05) is 16.6 Å². The summed E-state index contributed by atoms with van der Waals surface area (Å²) in [5.74, 6) is -3.65. The Morgan fingerprint density at radius 1 is 1.21 bits per heavy atom.